The van der Waals surface area contributed by atoms with Crippen LogP contribution in [0.1, 0.15) is 5.01 Å². The Morgan fingerprint density at radius 2 is 1.89 bits per heavy atom. The third kappa shape index (κ3) is 6.09. The normalized spacial score (nSPS) is 11.0. The van der Waals surface area contributed by atoms with Crippen LogP contribution in [0, 0.1) is 5.82 Å². The lowest BCUT2D eigenvalue weighted by Gasteiger charge is -1.98. The topological polar surface area (TPSA) is 92.9 Å². The van der Waals surface area contributed by atoms with Gasteiger partial charge in [0.15, 0.2) is 0 Å². The monoisotopic (exact) mass is 417 g/mol. The van der Waals surface area contributed by atoms with E-state index < -0.39 is 12.1 Å². The number of rotatable bonds is 5. The lowest BCUT2D eigenvalue weighted by molar-refractivity contribution is -0.192. The Kier molecular flexibility index (Phi) is 7.18. The van der Waals surface area contributed by atoms with Crippen molar-refractivity contribution < 1.29 is 27.5 Å². The highest BCUT2D eigenvalue weighted by Crippen LogP contribution is 2.21. The maximum atomic E-state index is 12.9. The first-order valence-corrected chi connectivity index (χ1v) is 8.66. The van der Waals surface area contributed by atoms with Gasteiger partial charge in [-0.2, -0.15) is 13.2 Å². The van der Waals surface area contributed by atoms with E-state index in [1.807, 2.05) is 12.4 Å². The summed E-state index contributed by atoms with van der Waals surface area (Å²) in [4.78, 5) is 13.4. The fraction of sp³-hybridized carbons (Fsp3) is 0.250. The Balaban J connectivity index is 0.000000345. The van der Waals surface area contributed by atoms with Crippen LogP contribution in [-0.2, 0) is 11.2 Å². The van der Waals surface area contributed by atoms with Crippen LogP contribution in [0.25, 0.3) is 17.1 Å². The molecule has 28 heavy (non-hydrogen) atoms. The van der Waals surface area contributed by atoms with Gasteiger partial charge in [0, 0.05) is 18.3 Å². The van der Waals surface area contributed by atoms with E-state index in [9.17, 15) is 17.6 Å². The first-order valence-electron chi connectivity index (χ1n) is 7.78. The molecule has 0 aliphatic rings. The summed E-state index contributed by atoms with van der Waals surface area (Å²) in [5, 5.41) is 21.5. The molecule has 2 N–H and O–H groups in total. The zero-order valence-electron chi connectivity index (χ0n) is 14.4. The molecule has 0 aliphatic heterocycles. The molecule has 0 aliphatic carbocycles. The number of hydrogen-bond donors (Lipinski definition) is 2. The molecule has 2 heterocycles. The molecular formula is C16H15F4N5O2S. The molecule has 12 heteroatoms. The van der Waals surface area contributed by atoms with Gasteiger partial charge in [-0.05, 0) is 31.3 Å². The Labute approximate surface area is 160 Å². The summed E-state index contributed by atoms with van der Waals surface area (Å²) in [6.07, 6.45) is -2.39. The van der Waals surface area contributed by atoms with Gasteiger partial charge in [-0.25, -0.2) is 18.9 Å². The quantitative estimate of drug-likeness (QED) is 0.620. The largest absolute Gasteiger partial charge is 0.490 e. The maximum absolute atomic E-state index is 12.9. The number of aliphatic carboxylic acids is 1. The first kappa shape index (κ1) is 21.4. The highest BCUT2D eigenvalue weighted by molar-refractivity contribution is 7.09. The van der Waals surface area contributed by atoms with Gasteiger partial charge in [-0.3, -0.25) is 0 Å². The predicted molar refractivity (Wildman–Crippen MR) is 93.7 cm³/mol. The fourth-order valence-electron chi connectivity index (χ4n) is 1.88. The van der Waals surface area contributed by atoms with Gasteiger partial charge >= 0.3 is 12.1 Å². The number of thiazole rings is 1. The molecule has 3 rings (SSSR count). The number of nitrogens with zero attached hydrogens (tertiary/aromatic N) is 4. The third-order valence-corrected chi connectivity index (χ3v) is 4.14. The highest BCUT2D eigenvalue weighted by Gasteiger charge is 2.38. The number of halogens is 4. The van der Waals surface area contributed by atoms with Gasteiger partial charge in [-0.15, -0.1) is 16.4 Å². The van der Waals surface area contributed by atoms with E-state index in [0.29, 0.717) is 5.69 Å². The molecule has 3 aromatic rings. The van der Waals surface area contributed by atoms with E-state index in [2.05, 4.69) is 20.6 Å². The van der Waals surface area contributed by atoms with Crippen molar-refractivity contribution >= 4 is 17.3 Å². The molecule has 1 aromatic carbocycles. The number of carboxylic acid groups (broad SMARTS) is 1. The SMILES string of the molecule is CNCCc1nc(-c2cn(-c3ccc(F)cc3)nn2)cs1.O=C(O)C(F)(F)F. The molecule has 0 atom stereocenters. The summed E-state index contributed by atoms with van der Waals surface area (Å²) in [5.41, 5.74) is 2.30. The number of benzene rings is 1. The van der Waals surface area contributed by atoms with Crippen molar-refractivity contribution in [1.82, 2.24) is 25.3 Å². The number of carbonyl (C=O) groups is 1. The average Bonchev–Trinajstić information content (AvgIpc) is 3.29. The number of carboxylic acids is 1. The maximum Gasteiger partial charge on any atom is 0.490 e. The van der Waals surface area contributed by atoms with E-state index in [-0.39, 0.29) is 5.82 Å². The summed E-state index contributed by atoms with van der Waals surface area (Å²) in [6.45, 7) is 0.898. The second-order valence-electron chi connectivity index (χ2n) is 5.31. The van der Waals surface area contributed by atoms with Crippen LogP contribution in [0.2, 0.25) is 0 Å². The van der Waals surface area contributed by atoms with Crippen LogP contribution < -0.4 is 5.32 Å². The van der Waals surface area contributed by atoms with E-state index >= 15 is 0 Å². The molecule has 0 saturated carbocycles. The summed E-state index contributed by atoms with van der Waals surface area (Å²) >= 11 is 1.61. The second kappa shape index (κ2) is 9.37. The zero-order valence-corrected chi connectivity index (χ0v) is 15.3. The number of aromatic nitrogens is 4. The summed E-state index contributed by atoms with van der Waals surface area (Å²) in [6, 6.07) is 6.12. The Morgan fingerprint density at radius 3 is 2.46 bits per heavy atom. The third-order valence-electron chi connectivity index (χ3n) is 3.23. The van der Waals surface area contributed by atoms with Crippen molar-refractivity contribution in [2.24, 2.45) is 0 Å². The minimum absolute atomic E-state index is 0.271. The number of hydrogen-bond acceptors (Lipinski definition) is 6. The summed E-state index contributed by atoms with van der Waals surface area (Å²) < 4.78 is 46.3. The van der Waals surface area contributed by atoms with E-state index in [1.54, 1.807) is 34.3 Å². The molecule has 0 radical (unpaired) electrons. The average molecular weight is 417 g/mol. The lowest BCUT2D eigenvalue weighted by Crippen LogP contribution is -2.21. The van der Waals surface area contributed by atoms with E-state index in [0.717, 1.165) is 29.4 Å². The van der Waals surface area contributed by atoms with Crippen LogP contribution >= 0.6 is 11.3 Å². The smallest absolute Gasteiger partial charge is 0.475 e. The van der Waals surface area contributed by atoms with E-state index in [4.69, 9.17) is 9.90 Å². The first-order chi connectivity index (χ1) is 13.2. The van der Waals surface area contributed by atoms with Gasteiger partial charge in [0.2, 0.25) is 0 Å². The molecule has 0 fully saturated rings. The Bertz CT molecular complexity index is 908. The Morgan fingerprint density at radius 1 is 1.25 bits per heavy atom. The number of alkyl halides is 3. The minimum Gasteiger partial charge on any atom is -0.475 e. The molecule has 0 bridgehead atoms. The van der Waals surface area contributed by atoms with Gasteiger partial charge in [-0.1, -0.05) is 5.21 Å². The van der Waals surface area contributed by atoms with Crippen molar-refractivity contribution in [2.75, 3.05) is 13.6 Å². The zero-order chi connectivity index (χ0) is 20.7. The van der Waals surface area contributed by atoms with E-state index in [1.165, 1.54) is 12.1 Å². The van der Waals surface area contributed by atoms with Crippen molar-refractivity contribution in [1.29, 1.82) is 0 Å². The molecule has 7 nitrogen and oxygen atoms in total. The standard InChI is InChI=1S/C14H14FN5S.C2HF3O2/c1-16-7-6-14-17-13(9-21-14)12-8-20(19-18-12)11-4-2-10(15)3-5-11;3-2(4,5)1(6)7/h2-5,8-9,16H,6-7H2,1H3;(H,6,7). The van der Waals surface area contributed by atoms with Gasteiger partial charge in [0.25, 0.3) is 0 Å². The predicted octanol–water partition coefficient (Wildman–Crippen LogP) is 2.93. The fourth-order valence-corrected chi connectivity index (χ4v) is 2.67. The van der Waals surface area contributed by atoms with Crippen LogP contribution in [0.4, 0.5) is 17.6 Å². The van der Waals surface area contributed by atoms with Crippen molar-refractivity contribution in [3.05, 3.63) is 46.7 Å². The van der Waals surface area contributed by atoms with Gasteiger partial charge < -0.3 is 10.4 Å². The molecule has 0 amide bonds. The summed E-state index contributed by atoms with van der Waals surface area (Å²) in [5.74, 6) is -3.03. The molecule has 0 spiro atoms. The van der Waals surface area contributed by atoms with Crippen molar-refractivity contribution in [2.45, 2.75) is 12.6 Å². The Hall–Kier alpha value is -2.86. The number of likely N-dealkylation sites (N-methyl/N-ethyl adjacent to an activating group) is 1. The molecule has 150 valence electrons. The van der Waals surface area contributed by atoms with Gasteiger partial charge in [0.05, 0.1) is 16.9 Å². The molecular weight excluding hydrogens is 402 g/mol. The number of nitrogens with one attached hydrogen (secondary N) is 1. The van der Waals surface area contributed by atoms with Crippen LogP contribution in [0.5, 0.6) is 0 Å². The molecule has 0 saturated heterocycles. The highest BCUT2D eigenvalue weighted by atomic mass is 32.1. The van der Waals surface area contributed by atoms with Crippen molar-refractivity contribution in [3.63, 3.8) is 0 Å². The van der Waals surface area contributed by atoms with Gasteiger partial charge in [0.1, 0.15) is 17.2 Å². The molecule has 0 unspecified atom stereocenters. The van der Waals surface area contributed by atoms with Crippen LogP contribution in [0.3, 0.4) is 0 Å². The van der Waals surface area contributed by atoms with Crippen LogP contribution in [-0.4, -0.2) is 50.8 Å². The minimum atomic E-state index is -5.08. The lowest BCUT2D eigenvalue weighted by atomic mass is 10.3. The molecule has 2 aromatic heterocycles. The second-order valence-corrected chi connectivity index (χ2v) is 6.25. The van der Waals surface area contributed by atoms with Crippen molar-refractivity contribution in [3.8, 4) is 17.1 Å². The summed E-state index contributed by atoms with van der Waals surface area (Å²) in [7, 11) is 1.92. The van der Waals surface area contributed by atoms with Crippen LogP contribution in [0.15, 0.2) is 35.8 Å².